The van der Waals surface area contributed by atoms with Gasteiger partial charge in [-0.15, -0.1) is 0 Å². The lowest BCUT2D eigenvalue weighted by atomic mass is 10.1. The van der Waals surface area contributed by atoms with Crippen LogP contribution in [0.5, 0.6) is 0 Å². The second-order valence-electron chi connectivity index (χ2n) is 4.12. The van der Waals surface area contributed by atoms with Crippen LogP contribution in [0.25, 0.3) is 0 Å². The van der Waals surface area contributed by atoms with E-state index in [9.17, 15) is 0 Å². The second-order valence-corrected chi connectivity index (χ2v) is 4.12. The van der Waals surface area contributed by atoms with Crippen LogP contribution in [0.1, 0.15) is 52.4 Å². The average Bonchev–Trinajstić information content (AvgIpc) is 2.38. The standard InChI is InChI=1S/C11H23N/c1-4-6-10-8-9-11(7-5-2)12(10)3/h10-12H,3-9H2,1-2H3/t10-,11-/m1/s1. The van der Waals surface area contributed by atoms with Crippen molar-refractivity contribution < 1.29 is 4.90 Å². The molecule has 0 spiro atoms. The van der Waals surface area contributed by atoms with Gasteiger partial charge < -0.3 is 4.90 Å². The number of likely N-dealkylation sites (tertiary alicyclic amines) is 1. The van der Waals surface area contributed by atoms with Crippen molar-refractivity contribution in [2.75, 3.05) is 0 Å². The van der Waals surface area contributed by atoms with Gasteiger partial charge >= 0.3 is 0 Å². The maximum atomic E-state index is 4.25. The molecule has 0 radical (unpaired) electrons. The van der Waals surface area contributed by atoms with Crippen LogP contribution in [-0.2, 0) is 0 Å². The van der Waals surface area contributed by atoms with Gasteiger partial charge in [-0.05, 0) is 12.8 Å². The molecule has 0 saturated carbocycles. The molecule has 0 unspecified atom stereocenters. The van der Waals surface area contributed by atoms with E-state index in [1.54, 1.807) is 4.90 Å². The molecule has 1 heteroatoms. The lowest BCUT2D eigenvalue weighted by Crippen LogP contribution is -3.12. The summed E-state index contributed by atoms with van der Waals surface area (Å²) >= 11 is 0. The highest BCUT2D eigenvalue weighted by Crippen LogP contribution is 2.14. The maximum Gasteiger partial charge on any atom is 0.0639 e. The molecule has 1 heterocycles. The number of hydrogen-bond donors (Lipinski definition) is 1. The highest BCUT2D eigenvalue weighted by molar-refractivity contribution is 4.70. The zero-order valence-electron chi connectivity index (χ0n) is 8.60. The minimum Gasteiger partial charge on any atom is -0.463 e. The van der Waals surface area contributed by atoms with Crippen LogP contribution in [-0.4, -0.2) is 12.1 Å². The minimum atomic E-state index is 0.867. The summed E-state index contributed by atoms with van der Waals surface area (Å²) in [6, 6.07) is 1.73. The third-order valence-corrected chi connectivity index (χ3v) is 3.19. The van der Waals surface area contributed by atoms with E-state index in [0.717, 1.165) is 12.1 Å². The van der Waals surface area contributed by atoms with E-state index in [1.807, 2.05) is 0 Å². The first kappa shape index (κ1) is 10.0. The zero-order valence-corrected chi connectivity index (χ0v) is 8.60. The van der Waals surface area contributed by atoms with Crippen molar-refractivity contribution in [3.63, 3.8) is 0 Å². The Bertz CT molecular complexity index is 108. The van der Waals surface area contributed by atoms with Crippen molar-refractivity contribution in [3.05, 3.63) is 7.05 Å². The molecule has 2 atom stereocenters. The summed E-state index contributed by atoms with van der Waals surface area (Å²) in [6.07, 6.45) is 8.22. The Balaban J connectivity index is 2.32. The highest BCUT2D eigenvalue weighted by Gasteiger charge is 2.28. The molecule has 1 aliphatic rings. The molecular formula is C11H23N. The zero-order chi connectivity index (χ0) is 8.97. The Morgan fingerprint density at radius 2 is 1.50 bits per heavy atom. The van der Waals surface area contributed by atoms with Crippen LogP contribution in [0.2, 0.25) is 0 Å². The summed E-state index contributed by atoms with van der Waals surface area (Å²) in [5, 5.41) is 0. The predicted molar refractivity (Wildman–Crippen MR) is 52.9 cm³/mol. The second kappa shape index (κ2) is 4.86. The smallest absolute Gasteiger partial charge is 0.0639 e. The summed E-state index contributed by atoms with van der Waals surface area (Å²) in [4.78, 5) is 1.57. The van der Waals surface area contributed by atoms with Crippen LogP contribution in [0.15, 0.2) is 0 Å². The average molecular weight is 169 g/mol. The van der Waals surface area contributed by atoms with Gasteiger partial charge in [-0.2, -0.15) is 7.05 Å². The normalized spacial score (nSPS) is 31.2. The molecule has 0 amide bonds. The third kappa shape index (κ3) is 2.22. The van der Waals surface area contributed by atoms with Crippen molar-refractivity contribution >= 4 is 0 Å². The van der Waals surface area contributed by atoms with Gasteiger partial charge in [0.05, 0.1) is 12.1 Å². The van der Waals surface area contributed by atoms with Crippen molar-refractivity contribution in [3.8, 4) is 0 Å². The molecule has 12 heavy (non-hydrogen) atoms. The number of nitrogens with one attached hydrogen (secondary N) is 1. The predicted octanol–water partition coefficient (Wildman–Crippen LogP) is 1.79. The molecule has 1 saturated heterocycles. The number of rotatable bonds is 4. The third-order valence-electron chi connectivity index (χ3n) is 3.19. The molecule has 1 rings (SSSR count). The Labute approximate surface area is 77.1 Å². The van der Waals surface area contributed by atoms with Gasteiger partial charge in [0.1, 0.15) is 0 Å². The molecule has 0 bridgehead atoms. The van der Waals surface area contributed by atoms with Crippen molar-refractivity contribution in [1.82, 2.24) is 0 Å². The first-order valence-corrected chi connectivity index (χ1v) is 5.48. The van der Waals surface area contributed by atoms with E-state index in [-0.39, 0.29) is 0 Å². The lowest BCUT2D eigenvalue weighted by Gasteiger charge is -2.29. The molecule has 0 aromatic carbocycles. The number of hydrogen-bond acceptors (Lipinski definition) is 0. The van der Waals surface area contributed by atoms with Crippen molar-refractivity contribution in [1.29, 1.82) is 0 Å². The fraction of sp³-hybridized carbons (Fsp3) is 0.909. The fourth-order valence-corrected chi connectivity index (χ4v) is 2.46. The Kier molecular flexibility index (Phi) is 4.07. The molecule has 1 nitrogen and oxygen atoms in total. The van der Waals surface area contributed by atoms with Gasteiger partial charge in [-0.25, -0.2) is 0 Å². The summed E-state index contributed by atoms with van der Waals surface area (Å²) in [7, 11) is 4.25. The van der Waals surface area contributed by atoms with Gasteiger partial charge in [0.2, 0.25) is 0 Å². The minimum absolute atomic E-state index is 0.867. The van der Waals surface area contributed by atoms with Gasteiger partial charge in [-0.1, -0.05) is 26.7 Å². The summed E-state index contributed by atoms with van der Waals surface area (Å²) in [6.45, 7) is 4.56. The molecule has 1 N–H and O–H groups in total. The Morgan fingerprint density at radius 1 is 1.08 bits per heavy atom. The van der Waals surface area contributed by atoms with Gasteiger partial charge in [0.25, 0.3) is 0 Å². The molecule has 0 aromatic rings. The molecule has 1 aliphatic heterocycles. The van der Waals surface area contributed by atoms with Crippen LogP contribution in [0, 0.1) is 7.05 Å². The molecule has 0 aromatic heterocycles. The summed E-state index contributed by atoms with van der Waals surface area (Å²) in [5.74, 6) is 0. The van der Waals surface area contributed by atoms with E-state index >= 15 is 0 Å². The van der Waals surface area contributed by atoms with E-state index in [4.69, 9.17) is 0 Å². The Hall–Kier alpha value is -0.0400. The van der Waals surface area contributed by atoms with Crippen LogP contribution >= 0.6 is 0 Å². The monoisotopic (exact) mass is 169 g/mol. The fourth-order valence-electron chi connectivity index (χ4n) is 2.46. The van der Waals surface area contributed by atoms with Crippen LogP contribution in [0.4, 0.5) is 0 Å². The van der Waals surface area contributed by atoms with Gasteiger partial charge in [0, 0.05) is 12.8 Å². The number of quaternary nitrogens is 1. The van der Waals surface area contributed by atoms with Crippen molar-refractivity contribution in [2.45, 2.75) is 64.5 Å². The van der Waals surface area contributed by atoms with E-state index < -0.39 is 0 Å². The summed E-state index contributed by atoms with van der Waals surface area (Å²) in [5.41, 5.74) is 0. The lowest BCUT2D eigenvalue weighted by molar-refractivity contribution is -0.892. The molecule has 1 fully saturated rings. The molecule has 0 aliphatic carbocycles. The van der Waals surface area contributed by atoms with E-state index in [2.05, 4.69) is 20.9 Å². The quantitative estimate of drug-likeness (QED) is 0.612. The topological polar surface area (TPSA) is 4.44 Å². The SMILES string of the molecule is [CH2-][NH+]1[C@H](CCC)CC[C@H]1CCC. The van der Waals surface area contributed by atoms with Crippen LogP contribution in [0.3, 0.4) is 0 Å². The van der Waals surface area contributed by atoms with E-state index in [0.29, 0.717) is 0 Å². The summed E-state index contributed by atoms with van der Waals surface area (Å²) < 4.78 is 0. The molecule has 72 valence electrons. The van der Waals surface area contributed by atoms with Gasteiger partial charge in [-0.3, -0.25) is 0 Å². The first-order chi connectivity index (χ1) is 5.79. The van der Waals surface area contributed by atoms with Crippen LogP contribution < -0.4 is 4.90 Å². The van der Waals surface area contributed by atoms with Gasteiger partial charge in [0.15, 0.2) is 0 Å². The largest absolute Gasteiger partial charge is 0.463 e. The molecular weight excluding hydrogens is 146 g/mol. The van der Waals surface area contributed by atoms with Crippen molar-refractivity contribution in [2.24, 2.45) is 0 Å². The first-order valence-electron chi connectivity index (χ1n) is 5.48. The maximum absolute atomic E-state index is 4.25. The highest BCUT2D eigenvalue weighted by atomic mass is 15.2. The van der Waals surface area contributed by atoms with E-state index in [1.165, 1.54) is 38.5 Å². The Morgan fingerprint density at radius 3 is 1.83 bits per heavy atom.